The first kappa shape index (κ1) is 31.6. The number of anilines is 4. The summed E-state index contributed by atoms with van der Waals surface area (Å²) in [5.41, 5.74) is 6.47. The summed E-state index contributed by atoms with van der Waals surface area (Å²) >= 11 is 5.98. The largest absolute Gasteiger partial charge is 0.461 e. The topological polar surface area (TPSA) is 92.8 Å². The van der Waals surface area contributed by atoms with Crippen molar-refractivity contribution in [1.29, 1.82) is 0 Å². The molecule has 1 amide bonds. The summed E-state index contributed by atoms with van der Waals surface area (Å²) in [4.78, 5) is 32.2. The summed E-state index contributed by atoms with van der Waals surface area (Å²) in [6.45, 7) is 5.84. The quantitative estimate of drug-likeness (QED) is 0.0771. The molecular weight excluding hydrogens is 588 g/mol. The fourth-order valence-electron chi connectivity index (χ4n) is 5.27. The number of carbonyl (C=O) groups is 2. The number of nitrogens with zero attached hydrogens (tertiary/aromatic N) is 2. The number of hydrogen-bond donors (Lipinski definition) is 2. The molecule has 0 radical (unpaired) electrons. The molecule has 0 aliphatic rings. The molecule has 8 nitrogen and oxygen atoms in total. The lowest BCUT2D eigenvalue weighted by Crippen LogP contribution is -2.26. The van der Waals surface area contributed by atoms with Crippen molar-refractivity contribution in [2.75, 3.05) is 41.1 Å². The Bertz CT molecular complexity index is 1720. The molecule has 0 bridgehead atoms. The molecule has 0 unspecified atom stereocenters. The van der Waals surface area contributed by atoms with Gasteiger partial charge in [-0.05, 0) is 66.9 Å². The number of amides is 1. The van der Waals surface area contributed by atoms with Gasteiger partial charge in [0.05, 0.1) is 29.7 Å². The van der Waals surface area contributed by atoms with Crippen LogP contribution < -0.4 is 15.5 Å². The van der Waals surface area contributed by atoms with E-state index in [4.69, 9.17) is 26.1 Å². The molecular formula is C36H37ClN4O4. The van der Waals surface area contributed by atoms with E-state index in [0.717, 1.165) is 58.3 Å². The van der Waals surface area contributed by atoms with Crippen LogP contribution in [-0.2, 0) is 27.3 Å². The van der Waals surface area contributed by atoms with E-state index in [1.807, 2.05) is 84.9 Å². The Hall–Kier alpha value is -4.82. The third-order valence-electron chi connectivity index (χ3n) is 7.27. The maximum atomic E-state index is 12.9. The second-order valence-corrected chi connectivity index (χ2v) is 11.0. The summed E-state index contributed by atoms with van der Waals surface area (Å²) in [6.07, 6.45) is 0.600. The predicted octanol–water partition coefficient (Wildman–Crippen LogP) is 8.44. The van der Waals surface area contributed by atoms with Crippen LogP contribution in [0.3, 0.4) is 0 Å². The van der Waals surface area contributed by atoms with Crippen LogP contribution >= 0.6 is 11.6 Å². The zero-order valence-corrected chi connectivity index (χ0v) is 26.3. The van der Waals surface area contributed by atoms with E-state index in [-0.39, 0.29) is 25.6 Å². The Balaban J connectivity index is 1.35. The number of fused-ring (bicyclic) bond motifs is 2. The zero-order valence-electron chi connectivity index (χ0n) is 25.5. The number of halogens is 1. The van der Waals surface area contributed by atoms with Gasteiger partial charge in [0.25, 0.3) is 0 Å². The van der Waals surface area contributed by atoms with E-state index in [1.54, 1.807) is 13.0 Å². The standard InChI is InChI=1S/C36H37ClN4O4/c1-3-18-41(19-17-37)29-15-13-25(14-16-29)22-34(42)45-24-26-20-27(23-28(21-26)39-36(43)44-4-2)38-35-30-9-5-7-11-32(30)40-33-12-8-6-10-31(33)35/h5-16,20-21,23H,3-4,17-19,22,24H2,1-2H3,(H,38,40)(H,39,43). The smallest absolute Gasteiger partial charge is 0.411 e. The summed E-state index contributed by atoms with van der Waals surface area (Å²) in [5, 5.41) is 8.24. The van der Waals surface area contributed by atoms with Gasteiger partial charge in [-0.1, -0.05) is 55.5 Å². The third-order valence-corrected chi connectivity index (χ3v) is 7.44. The number of ether oxygens (including phenoxy) is 2. The molecule has 5 rings (SSSR count). The maximum absolute atomic E-state index is 12.9. The number of nitrogens with one attached hydrogen (secondary N) is 2. The van der Waals surface area contributed by atoms with E-state index >= 15 is 0 Å². The van der Waals surface area contributed by atoms with E-state index in [0.29, 0.717) is 22.8 Å². The molecule has 0 spiro atoms. The van der Waals surface area contributed by atoms with Crippen LogP contribution in [0.25, 0.3) is 21.8 Å². The highest BCUT2D eigenvalue weighted by Crippen LogP contribution is 2.34. The van der Waals surface area contributed by atoms with Crippen molar-refractivity contribution in [2.45, 2.75) is 33.3 Å². The molecule has 0 atom stereocenters. The minimum absolute atomic E-state index is 0.0295. The molecule has 2 N–H and O–H groups in total. The lowest BCUT2D eigenvalue weighted by molar-refractivity contribution is -0.144. The van der Waals surface area contributed by atoms with Crippen molar-refractivity contribution in [3.8, 4) is 0 Å². The number of carbonyl (C=O) groups excluding carboxylic acids is 2. The Labute approximate surface area is 268 Å². The lowest BCUT2D eigenvalue weighted by Gasteiger charge is -2.23. The normalized spacial score (nSPS) is 10.9. The summed E-state index contributed by atoms with van der Waals surface area (Å²) in [7, 11) is 0. The van der Waals surface area contributed by atoms with Gasteiger partial charge in [-0.25, -0.2) is 9.78 Å². The van der Waals surface area contributed by atoms with Crippen LogP contribution in [0.5, 0.6) is 0 Å². The Morgan fingerprint density at radius 2 is 1.47 bits per heavy atom. The van der Waals surface area contributed by atoms with Crippen molar-refractivity contribution < 1.29 is 19.1 Å². The van der Waals surface area contributed by atoms with Crippen molar-refractivity contribution in [3.63, 3.8) is 0 Å². The average molecular weight is 625 g/mol. The van der Waals surface area contributed by atoms with Gasteiger partial charge in [0, 0.05) is 46.8 Å². The molecule has 0 saturated carbocycles. The second-order valence-electron chi connectivity index (χ2n) is 10.6. The van der Waals surface area contributed by atoms with Crippen molar-refractivity contribution >= 4 is 68.2 Å². The molecule has 232 valence electrons. The number of aromatic nitrogens is 1. The molecule has 0 fully saturated rings. The van der Waals surface area contributed by atoms with Gasteiger partial charge in [-0.15, -0.1) is 11.6 Å². The molecule has 45 heavy (non-hydrogen) atoms. The second kappa shape index (κ2) is 15.3. The lowest BCUT2D eigenvalue weighted by atomic mass is 10.1. The Kier molecular flexibility index (Phi) is 10.7. The first-order valence-corrected chi connectivity index (χ1v) is 15.7. The van der Waals surface area contributed by atoms with Gasteiger partial charge in [-0.3, -0.25) is 10.1 Å². The van der Waals surface area contributed by atoms with Gasteiger partial charge < -0.3 is 19.7 Å². The van der Waals surface area contributed by atoms with Gasteiger partial charge in [-0.2, -0.15) is 0 Å². The Morgan fingerprint density at radius 1 is 0.800 bits per heavy atom. The van der Waals surface area contributed by atoms with Gasteiger partial charge in [0.2, 0.25) is 0 Å². The van der Waals surface area contributed by atoms with Crippen LogP contribution in [-0.4, -0.2) is 42.6 Å². The fourth-order valence-corrected chi connectivity index (χ4v) is 5.48. The molecule has 9 heteroatoms. The number of esters is 1. The number of hydrogen-bond acceptors (Lipinski definition) is 7. The van der Waals surface area contributed by atoms with Crippen LogP contribution in [0.2, 0.25) is 0 Å². The van der Waals surface area contributed by atoms with E-state index in [1.165, 1.54) is 0 Å². The molecule has 1 heterocycles. The SMILES string of the molecule is CCCN(CCCl)c1ccc(CC(=O)OCc2cc(NC(=O)OCC)cc(Nc3c4ccccc4nc4ccccc34)c2)cc1. The highest BCUT2D eigenvalue weighted by Gasteiger charge is 2.13. The number of pyridine rings is 1. The zero-order chi connectivity index (χ0) is 31.6. The Morgan fingerprint density at radius 3 is 2.11 bits per heavy atom. The number of alkyl halides is 1. The van der Waals surface area contributed by atoms with Crippen LogP contribution in [0, 0.1) is 0 Å². The predicted molar refractivity (Wildman–Crippen MR) is 183 cm³/mol. The molecule has 0 saturated heterocycles. The fraction of sp³-hybridized carbons (Fsp3) is 0.250. The maximum Gasteiger partial charge on any atom is 0.411 e. The monoisotopic (exact) mass is 624 g/mol. The highest BCUT2D eigenvalue weighted by atomic mass is 35.5. The molecule has 5 aromatic rings. The van der Waals surface area contributed by atoms with E-state index in [2.05, 4.69) is 22.5 Å². The van der Waals surface area contributed by atoms with Gasteiger partial charge in [0.1, 0.15) is 6.61 Å². The molecule has 0 aliphatic carbocycles. The van der Waals surface area contributed by atoms with E-state index < -0.39 is 6.09 Å². The van der Waals surface area contributed by atoms with Crippen molar-refractivity contribution in [2.24, 2.45) is 0 Å². The minimum Gasteiger partial charge on any atom is -0.461 e. The highest BCUT2D eigenvalue weighted by molar-refractivity contribution is 6.18. The third kappa shape index (κ3) is 8.22. The average Bonchev–Trinajstić information content (AvgIpc) is 3.04. The van der Waals surface area contributed by atoms with E-state index in [9.17, 15) is 9.59 Å². The first-order valence-electron chi connectivity index (χ1n) is 15.1. The van der Waals surface area contributed by atoms with Crippen LogP contribution in [0.15, 0.2) is 91.0 Å². The number of benzene rings is 4. The molecule has 1 aromatic heterocycles. The van der Waals surface area contributed by atoms with Crippen LogP contribution in [0.1, 0.15) is 31.4 Å². The number of para-hydroxylation sites is 2. The van der Waals surface area contributed by atoms with Crippen molar-refractivity contribution in [3.05, 3.63) is 102 Å². The van der Waals surface area contributed by atoms with Crippen molar-refractivity contribution in [1.82, 2.24) is 4.98 Å². The molecule has 4 aromatic carbocycles. The van der Waals surface area contributed by atoms with Gasteiger partial charge in [0.15, 0.2) is 0 Å². The van der Waals surface area contributed by atoms with Crippen LogP contribution in [0.4, 0.5) is 27.5 Å². The van der Waals surface area contributed by atoms with Gasteiger partial charge >= 0.3 is 12.1 Å². The summed E-state index contributed by atoms with van der Waals surface area (Å²) in [6, 6.07) is 29.3. The summed E-state index contributed by atoms with van der Waals surface area (Å²) in [5.74, 6) is 0.204. The minimum atomic E-state index is -0.565. The number of rotatable bonds is 13. The molecule has 0 aliphatic heterocycles. The summed E-state index contributed by atoms with van der Waals surface area (Å²) < 4.78 is 10.8. The first-order chi connectivity index (χ1) is 22.0.